The summed E-state index contributed by atoms with van der Waals surface area (Å²) in [4.78, 5) is 32.1. The highest BCUT2D eigenvalue weighted by molar-refractivity contribution is 6.31. The molecule has 1 aromatic rings. The number of carbonyl (C=O) groups excluding carboxylic acids is 1. The molecule has 0 bridgehead atoms. The molecule has 514 valence electrons. The summed E-state index contributed by atoms with van der Waals surface area (Å²) in [6, 6.07) is 6.19. The van der Waals surface area contributed by atoms with E-state index in [1.165, 1.54) is 101 Å². The molecule has 3 saturated carbocycles. The predicted octanol–water partition coefficient (Wildman–Crippen LogP) is 13.8. The van der Waals surface area contributed by atoms with Gasteiger partial charge in [-0.05, 0) is 165 Å². The normalized spacial score (nSPS) is 30.7. The van der Waals surface area contributed by atoms with Gasteiger partial charge >= 0.3 is 6.18 Å². The van der Waals surface area contributed by atoms with Gasteiger partial charge in [0.15, 0.2) is 0 Å². The van der Waals surface area contributed by atoms with Gasteiger partial charge in [0.05, 0.1) is 16.5 Å². The molecule has 6 fully saturated rings. The molecular weight excluding hydrogens is 1170 g/mol. The lowest BCUT2D eigenvalue weighted by atomic mass is 9.71. The lowest BCUT2D eigenvalue weighted by Crippen LogP contribution is -2.76. The SMILES string of the molecule is CC[C@H](C)[C@H]1CN[C@@H](CC(C)C)C(C)NCC2[C@@H](C(=O)N3CCCC3)C(C)N2[C@@H](C2CCCCC2)C(C)NC2(CCCC2)CNCCNC=CC(CCc2ccc(C(F)(F)F)c(Cl)c2)=NC=CN(C)C=C(CC2CCCCC2)N(C)C=C2CCCN2[C@@H](C)C(C)N1. The van der Waals surface area contributed by atoms with E-state index >= 15 is 0 Å². The minimum Gasteiger partial charge on any atom is -0.390 e. The highest BCUT2D eigenvalue weighted by Crippen LogP contribution is 2.44. The van der Waals surface area contributed by atoms with Crippen LogP contribution in [0.25, 0.3) is 0 Å². The highest BCUT2D eigenvalue weighted by Gasteiger charge is 2.56. The third-order valence-corrected chi connectivity index (χ3v) is 22.9. The van der Waals surface area contributed by atoms with Crippen molar-refractivity contribution >= 4 is 23.2 Å². The second kappa shape index (κ2) is 35.4. The first-order valence-electron chi connectivity index (χ1n) is 36.5. The fourth-order valence-electron chi connectivity index (χ4n) is 16.9. The van der Waals surface area contributed by atoms with E-state index in [-0.39, 0.29) is 58.8 Å². The van der Waals surface area contributed by atoms with E-state index in [0.717, 1.165) is 127 Å². The number of hydrogen-bond acceptors (Lipinski definition) is 12. The molecule has 6 N–H and O–H groups in total. The lowest BCUT2D eigenvalue weighted by molar-refractivity contribution is -0.161. The maximum Gasteiger partial charge on any atom is 0.417 e. The van der Waals surface area contributed by atoms with Gasteiger partial charge in [0.25, 0.3) is 0 Å². The fourth-order valence-corrected chi connectivity index (χ4v) is 17.2. The lowest BCUT2D eigenvalue weighted by Gasteiger charge is -2.60. The standard InChI is InChI=1S/C74H124ClF3N12O/c1-12-53(4)68-47-83-67(44-52(2)3)55(6)82-48-69-70(72(91)88-40-21-22-41-88)58(9)90(69)71(61-26-17-14-18-27-61)56(7)85-73(34-19-20-35-73)51-80-38-37-79-36-33-62(31-29-60-30-32-65(66(75)46-60)74(76,77)78)81-39-43-86(10)49-64(45-59-24-15-13-16-25-59)87(11)50-63-28-23-42-89(63)57(8)54(5)84-68/h30,32-33,36,39,43,46,49-50,52-59,61,67-71,79-80,82-85H,12-29,31,34-35,37-38,40-42,44-45,47-48,51H2,1-11H3/t53-,54?,55?,56?,57-,58?,67-,68+,69?,70-,71+/m0/s1. The van der Waals surface area contributed by atoms with Crippen LogP contribution in [0.1, 0.15) is 215 Å². The number of likely N-dealkylation sites (tertiary alicyclic amines) is 1. The summed E-state index contributed by atoms with van der Waals surface area (Å²) >= 11 is 6.22. The number of nitrogens with zero attached hydrogens (tertiary/aromatic N) is 6. The number of carbonyl (C=O) groups is 1. The third-order valence-electron chi connectivity index (χ3n) is 22.6. The molecule has 7 aliphatic rings. The van der Waals surface area contributed by atoms with Crippen LogP contribution in [0, 0.1) is 29.6 Å². The van der Waals surface area contributed by atoms with Crippen LogP contribution >= 0.6 is 11.6 Å². The maximum atomic E-state index is 14.9. The number of rotatable bonds is 11. The molecule has 4 heterocycles. The number of amides is 1. The molecule has 1 spiro atoms. The van der Waals surface area contributed by atoms with E-state index in [2.05, 4.69) is 145 Å². The minimum absolute atomic E-state index is 0.0244. The first-order chi connectivity index (χ1) is 43.6. The number of allylic oxidation sites excluding steroid dienone is 3. The molecule has 5 unspecified atom stereocenters. The van der Waals surface area contributed by atoms with E-state index < -0.39 is 11.7 Å². The van der Waals surface area contributed by atoms with Gasteiger partial charge in [-0.15, -0.1) is 0 Å². The van der Waals surface area contributed by atoms with Gasteiger partial charge in [0.1, 0.15) is 0 Å². The van der Waals surface area contributed by atoms with Gasteiger partial charge in [0, 0.05) is 168 Å². The van der Waals surface area contributed by atoms with Crippen molar-refractivity contribution in [3.8, 4) is 0 Å². The quantitative estimate of drug-likeness (QED) is 0.127. The van der Waals surface area contributed by atoms with Gasteiger partial charge < -0.3 is 51.5 Å². The average molecular weight is 1290 g/mol. The number of nitrogens with one attached hydrogen (secondary N) is 6. The predicted molar refractivity (Wildman–Crippen MR) is 373 cm³/mol. The van der Waals surface area contributed by atoms with Crippen LogP contribution in [0.5, 0.6) is 0 Å². The van der Waals surface area contributed by atoms with Crippen LogP contribution in [0.3, 0.4) is 0 Å². The molecule has 1 aromatic carbocycles. The van der Waals surface area contributed by atoms with Gasteiger partial charge in [-0.1, -0.05) is 116 Å². The van der Waals surface area contributed by atoms with Crippen molar-refractivity contribution < 1.29 is 18.0 Å². The number of benzene rings is 1. The molecule has 0 radical (unpaired) electrons. The Bertz CT molecular complexity index is 2530. The van der Waals surface area contributed by atoms with Crippen molar-refractivity contribution in [3.63, 3.8) is 0 Å². The summed E-state index contributed by atoms with van der Waals surface area (Å²) in [6.07, 6.45) is 33.9. The first kappa shape index (κ1) is 73.2. The summed E-state index contributed by atoms with van der Waals surface area (Å²) < 4.78 is 41.1. The Balaban J connectivity index is 1.09. The number of fused-ring (bicyclic) bond motifs is 2. The minimum atomic E-state index is -4.51. The number of halogens is 4. The van der Waals surface area contributed by atoms with Crippen molar-refractivity contribution in [1.82, 2.24) is 56.4 Å². The molecule has 3 saturated heterocycles. The topological polar surface area (TPSA) is 118 Å². The van der Waals surface area contributed by atoms with Gasteiger partial charge in [-0.3, -0.25) is 14.7 Å². The van der Waals surface area contributed by atoms with Gasteiger partial charge in [0.2, 0.25) is 5.91 Å². The van der Waals surface area contributed by atoms with E-state index in [1.54, 1.807) is 0 Å². The summed E-state index contributed by atoms with van der Waals surface area (Å²) in [5.41, 5.74) is 3.36. The summed E-state index contributed by atoms with van der Waals surface area (Å²) in [5.74, 6) is 2.55. The largest absolute Gasteiger partial charge is 0.417 e. The zero-order valence-corrected chi connectivity index (χ0v) is 59.1. The number of aryl methyl sites for hydroxylation is 1. The molecule has 3 aliphatic carbocycles. The number of hydrogen-bond donors (Lipinski definition) is 6. The van der Waals surface area contributed by atoms with Crippen LogP contribution in [0.2, 0.25) is 5.02 Å². The van der Waals surface area contributed by atoms with E-state index in [0.29, 0.717) is 54.5 Å². The molecule has 11 atom stereocenters. The molecule has 0 aromatic heterocycles. The summed E-state index contributed by atoms with van der Waals surface area (Å²) in [6.45, 7) is 28.5. The maximum absolute atomic E-state index is 14.9. The first-order valence-corrected chi connectivity index (χ1v) is 36.9. The Labute approximate surface area is 554 Å². The zero-order chi connectivity index (χ0) is 65.2. The van der Waals surface area contributed by atoms with Crippen LogP contribution in [-0.4, -0.2) is 162 Å². The highest BCUT2D eigenvalue weighted by atomic mass is 35.5. The summed E-state index contributed by atoms with van der Waals surface area (Å²) in [7, 11) is 4.31. The number of alkyl halides is 3. The molecule has 1 amide bonds. The van der Waals surface area contributed by atoms with E-state index in [1.807, 2.05) is 24.7 Å². The smallest absolute Gasteiger partial charge is 0.390 e. The van der Waals surface area contributed by atoms with Crippen LogP contribution in [0.4, 0.5) is 13.2 Å². The van der Waals surface area contributed by atoms with Crippen LogP contribution < -0.4 is 31.9 Å². The Morgan fingerprint density at radius 1 is 0.802 bits per heavy atom. The van der Waals surface area contributed by atoms with Gasteiger partial charge in [-0.25, -0.2) is 0 Å². The average Bonchev–Trinajstić information content (AvgIpc) is 0.969. The molecular formula is C74H124ClF3N12O. The Kier molecular flexibility index (Phi) is 28.5. The molecule has 13 nitrogen and oxygen atoms in total. The molecule has 4 aliphatic heterocycles. The van der Waals surface area contributed by atoms with E-state index in [4.69, 9.17) is 16.6 Å². The molecule has 91 heavy (non-hydrogen) atoms. The van der Waals surface area contributed by atoms with Crippen molar-refractivity contribution in [2.75, 3.05) is 66.5 Å². The van der Waals surface area contributed by atoms with Crippen LogP contribution in [-0.2, 0) is 17.4 Å². The Hall–Kier alpha value is -3.64. The second-order valence-corrected chi connectivity index (χ2v) is 30.3. The van der Waals surface area contributed by atoms with Crippen molar-refractivity contribution in [1.29, 1.82) is 0 Å². The monoisotopic (exact) mass is 1290 g/mol. The third kappa shape index (κ3) is 20.7. The van der Waals surface area contributed by atoms with Crippen molar-refractivity contribution in [2.24, 2.45) is 34.6 Å². The Morgan fingerprint density at radius 3 is 2.20 bits per heavy atom. The Morgan fingerprint density at radius 2 is 1.52 bits per heavy atom. The van der Waals surface area contributed by atoms with Gasteiger partial charge in [-0.2, -0.15) is 13.2 Å². The number of aliphatic imine (C=N–C) groups is 1. The van der Waals surface area contributed by atoms with Crippen LogP contribution in [0.15, 0.2) is 71.7 Å². The van der Waals surface area contributed by atoms with Crippen molar-refractivity contribution in [3.05, 3.63) is 82.8 Å². The fraction of sp³-hybridized carbons (Fsp3) is 0.784. The summed E-state index contributed by atoms with van der Waals surface area (Å²) in [5, 5.41) is 24.2. The zero-order valence-electron chi connectivity index (χ0n) is 58.3. The van der Waals surface area contributed by atoms with Crippen molar-refractivity contribution in [2.45, 2.75) is 276 Å². The van der Waals surface area contributed by atoms with E-state index in [9.17, 15) is 18.0 Å². The second-order valence-electron chi connectivity index (χ2n) is 29.9. The molecule has 8 rings (SSSR count). The molecule has 17 heteroatoms.